The molecule has 0 bridgehead atoms. The number of carbonyl (C=O) groups excluding carboxylic acids is 3. The fourth-order valence-corrected chi connectivity index (χ4v) is 8.93. The predicted molar refractivity (Wildman–Crippen MR) is 132 cm³/mol. The number of hydrogen-bond acceptors (Lipinski definition) is 6. The van der Waals surface area contributed by atoms with Gasteiger partial charge in [0.1, 0.15) is 12.6 Å². The Bertz CT molecular complexity index is 953. The van der Waals surface area contributed by atoms with Crippen LogP contribution in [-0.2, 0) is 19.1 Å². The summed E-state index contributed by atoms with van der Waals surface area (Å²) in [6.45, 7) is 14.7. The summed E-state index contributed by atoms with van der Waals surface area (Å²) in [5.74, 6) is -2.22. The van der Waals surface area contributed by atoms with Crippen molar-refractivity contribution in [3.63, 3.8) is 0 Å². The molecule has 0 aromatic rings. The number of amides is 2. The van der Waals surface area contributed by atoms with Gasteiger partial charge in [-0.1, -0.05) is 39.0 Å². The third kappa shape index (κ3) is 3.72. The Hall–Kier alpha value is -1.80. The second-order valence-corrected chi connectivity index (χ2v) is 14.0. The molecular formula is C26H38N2O5S. The molecule has 0 saturated carbocycles. The average Bonchev–Trinajstić information content (AvgIpc) is 2.96. The Balaban J connectivity index is 1.86. The van der Waals surface area contributed by atoms with Crippen LogP contribution in [0.15, 0.2) is 24.3 Å². The maximum atomic E-state index is 14.4. The number of likely N-dealkylation sites (tertiary alicyclic amines) is 1. The average molecular weight is 491 g/mol. The first-order chi connectivity index (χ1) is 15.7. The first-order valence-corrected chi connectivity index (χ1v) is 13.0. The number of carbonyl (C=O) groups is 3. The number of hydrogen-bond donors (Lipinski definition) is 1. The fourth-order valence-electron chi connectivity index (χ4n) is 6.79. The Morgan fingerprint density at radius 3 is 2.41 bits per heavy atom. The number of thioether (sulfide) groups is 1. The lowest BCUT2D eigenvalue weighted by Crippen LogP contribution is -2.60. The van der Waals surface area contributed by atoms with E-state index in [4.69, 9.17) is 4.74 Å². The zero-order valence-electron chi connectivity index (χ0n) is 21.3. The molecule has 8 heteroatoms. The number of fused-ring (bicyclic) bond motifs is 2. The van der Waals surface area contributed by atoms with Crippen LogP contribution in [0.1, 0.15) is 54.9 Å². The molecule has 0 radical (unpaired) electrons. The monoisotopic (exact) mass is 490 g/mol. The van der Waals surface area contributed by atoms with Crippen LogP contribution < -0.4 is 0 Å². The van der Waals surface area contributed by atoms with Gasteiger partial charge < -0.3 is 19.6 Å². The summed E-state index contributed by atoms with van der Waals surface area (Å²) < 4.78 is 3.87. The second kappa shape index (κ2) is 8.12. The fraction of sp³-hybridized carbons (Fsp3) is 0.731. The molecule has 0 aliphatic carbocycles. The van der Waals surface area contributed by atoms with Gasteiger partial charge in [-0.3, -0.25) is 14.4 Å². The zero-order chi connectivity index (χ0) is 25.3. The molecule has 7 nitrogen and oxygen atoms in total. The maximum absolute atomic E-state index is 14.4. The van der Waals surface area contributed by atoms with Crippen molar-refractivity contribution in [3.8, 4) is 0 Å². The molecule has 2 saturated heterocycles. The minimum atomic E-state index is -0.912. The standard InChI is InChI=1S/C26H38N2O5S/c1-16(14-29)28-19-21(31)27(24(5,6)15-23(2,3)4)12-8-11-26(19)17(20(28)30)18-22(32)33-13-9-10-25(18,7)34-26/h8-11,16-19,29H,12-15H2,1-7H3/t16-,17+,18-,19?,25+,26+/m1/s1. The van der Waals surface area contributed by atoms with Crippen LogP contribution in [0.3, 0.4) is 0 Å². The van der Waals surface area contributed by atoms with Crippen LogP contribution in [0, 0.1) is 17.3 Å². The molecule has 0 aromatic heterocycles. The third-order valence-electron chi connectivity index (χ3n) is 7.68. The maximum Gasteiger partial charge on any atom is 0.311 e. The molecule has 2 amide bonds. The van der Waals surface area contributed by atoms with Gasteiger partial charge in [0.25, 0.3) is 0 Å². The first-order valence-electron chi connectivity index (χ1n) is 12.2. The number of aliphatic hydroxyl groups excluding tert-OH is 1. The molecule has 0 aromatic carbocycles. The van der Waals surface area contributed by atoms with Gasteiger partial charge in [0.15, 0.2) is 0 Å². The number of cyclic esters (lactones) is 1. The number of ether oxygens (including phenoxy) is 1. The molecule has 4 heterocycles. The smallest absolute Gasteiger partial charge is 0.311 e. The largest absolute Gasteiger partial charge is 0.461 e. The first kappa shape index (κ1) is 25.3. The van der Waals surface area contributed by atoms with Gasteiger partial charge >= 0.3 is 5.97 Å². The van der Waals surface area contributed by atoms with Gasteiger partial charge in [-0.15, -0.1) is 11.8 Å². The van der Waals surface area contributed by atoms with Crippen molar-refractivity contribution in [1.82, 2.24) is 9.80 Å². The zero-order valence-corrected chi connectivity index (χ0v) is 22.1. The molecule has 34 heavy (non-hydrogen) atoms. The minimum Gasteiger partial charge on any atom is -0.461 e. The Morgan fingerprint density at radius 2 is 1.79 bits per heavy atom. The number of nitrogens with zero attached hydrogens (tertiary/aromatic N) is 2. The van der Waals surface area contributed by atoms with Crippen LogP contribution in [0.2, 0.25) is 0 Å². The second-order valence-electron chi connectivity index (χ2n) is 12.2. The molecule has 1 unspecified atom stereocenters. The Kier molecular flexibility index (Phi) is 6.04. The van der Waals surface area contributed by atoms with Gasteiger partial charge in [-0.05, 0) is 45.6 Å². The molecule has 4 rings (SSSR count). The third-order valence-corrected chi connectivity index (χ3v) is 9.48. The van der Waals surface area contributed by atoms with Crippen molar-refractivity contribution < 1.29 is 24.2 Å². The normalized spacial score (nSPS) is 36.6. The predicted octanol–water partition coefficient (Wildman–Crippen LogP) is 2.78. The van der Waals surface area contributed by atoms with Crippen LogP contribution in [0.4, 0.5) is 0 Å². The summed E-state index contributed by atoms with van der Waals surface area (Å²) >= 11 is 1.53. The van der Waals surface area contributed by atoms with E-state index < -0.39 is 44.9 Å². The highest BCUT2D eigenvalue weighted by atomic mass is 32.2. The highest BCUT2D eigenvalue weighted by molar-refractivity contribution is 8.02. The molecule has 2 fully saturated rings. The quantitative estimate of drug-likeness (QED) is 0.482. The van der Waals surface area contributed by atoms with Gasteiger partial charge in [-0.2, -0.15) is 0 Å². The lowest BCUT2D eigenvalue weighted by Gasteiger charge is -2.45. The molecule has 4 aliphatic rings. The lowest BCUT2D eigenvalue weighted by molar-refractivity contribution is -0.153. The van der Waals surface area contributed by atoms with E-state index in [2.05, 4.69) is 34.6 Å². The van der Waals surface area contributed by atoms with E-state index in [0.717, 1.165) is 6.42 Å². The summed E-state index contributed by atoms with van der Waals surface area (Å²) in [6.07, 6.45) is 8.58. The minimum absolute atomic E-state index is 0.000918. The molecule has 6 atom stereocenters. The summed E-state index contributed by atoms with van der Waals surface area (Å²) in [6, 6.07) is -1.35. The number of esters is 1. The van der Waals surface area contributed by atoms with E-state index in [1.807, 2.05) is 36.1 Å². The van der Waals surface area contributed by atoms with Crippen molar-refractivity contribution in [2.45, 2.75) is 82.0 Å². The lowest BCUT2D eigenvalue weighted by atomic mass is 9.74. The van der Waals surface area contributed by atoms with Crippen molar-refractivity contribution in [2.75, 3.05) is 19.8 Å². The molecule has 1 spiro atoms. The topological polar surface area (TPSA) is 87.2 Å². The molecule has 1 N–H and O–H groups in total. The van der Waals surface area contributed by atoms with Crippen molar-refractivity contribution in [1.29, 1.82) is 0 Å². The Morgan fingerprint density at radius 1 is 1.12 bits per heavy atom. The van der Waals surface area contributed by atoms with E-state index in [9.17, 15) is 19.5 Å². The van der Waals surface area contributed by atoms with Gasteiger partial charge in [-0.25, -0.2) is 0 Å². The van der Waals surface area contributed by atoms with Crippen LogP contribution >= 0.6 is 11.8 Å². The SMILES string of the molecule is C[C@H](CO)N1C(=O)[C@@H]2[C@@H]3C(=O)OCC=C[C@]3(C)S[C@@]23C=CCN(C(C)(C)CC(C)(C)C)C(=O)C13. The number of rotatable bonds is 4. The van der Waals surface area contributed by atoms with E-state index in [1.54, 1.807) is 11.8 Å². The summed E-state index contributed by atoms with van der Waals surface area (Å²) in [4.78, 5) is 45.0. The van der Waals surface area contributed by atoms with Crippen LogP contribution in [-0.4, -0.2) is 79.6 Å². The van der Waals surface area contributed by atoms with Gasteiger partial charge in [0.05, 0.1) is 29.2 Å². The number of aliphatic hydroxyl groups is 1. The summed E-state index contributed by atoms with van der Waals surface area (Å²) in [5.41, 5.74) is -0.447. The van der Waals surface area contributed by atoms with Crippen LogP contribution in [0.25, 0.3) is 0 Å². The van der Waals surface area contributed by atoms with E-state index in [1.165, 1.54) is 11.8 Å². The van der Waals surface area contributed by atoms with E-state index in [0.29, 0.717) is 6.54 Å². The van der Waals surface area contributed by atoms with E-state index >= 15 is 0 Å². The van der Waals surface area contributed by atoms with Crippen molar-refractivity contribution >= 4 is 29.5 Å². The molecule has 188 valence electrons. The van der Waals surface area contributed by atoms with E-state index in [-0.39, 0.29) is 30.4 Å². The Labute approximate surface area is 206 Å². The molecule has 4 aliphatic heterocycles. The highest BCUT2D eigenvalue weighted by Crippen LogP contribution is 2.65. The van der Waals surface area contributed by atoms with Crippen molar-refractivity contribution in [2.24, 2.45) is 17.3 Å². The summed E-state index contributed by atoms with van der Waals surface area (Å²) in [5, 5.41) is 10.0. The van der Waals surface area contributed by atoms with Gasteiger partial charge in [0, 0.05) is 16.8 Å². The molecular weight excluding hydrogens is 452 g/mol. The summed E-state index contributed by atoms with van der Waals surface area (Å²) in [7, 11) is 0. The van der Waals surface area contributed by atoms with Crippen LogP contribution in [0.5, 0.6) is 0 Å². The van der Waals surface area contributed by atoms with Gasteiger partial charge in [0.2, 0.25) is 11.8 Å². The van der Waals surface area contributed by atoms with Crippen molar-refractivity contribution in [3.05, 3.63) is 24.3 Å². The highest BCUT2D eigenvalue weighted by Gasteiger charge is 2.74.